The number of aromatic amines is 1. The van der Waals surface area contributed by atoms with Gasteiger partial charge in [0.25, 0.3) is 23.6 Å². The van der Waals surface area contributed by atoms with Crippen LogP contribution < -0.4 is 31.9 Å². The van der Waals surface area contributed by atoms with E-state index in [9.17, 15) is 28.8 Å². The molecule has 0 saturated carbocycles. The molecule has 6 amide bonds. The molecule has 2 atom stereocenters. The van der Waals surface area contributed by atoms with Crippen LogP contribution in [0.4, 0.5) is 22.7 Å². The van der Waals surface area contributed by atoms with E-state index in [1.165, 1.54) is 47.6 Å². The predicted octanol–water partition coefficient (Wildman–Crippen LogP) is 7.97. The number of nitrogens with zero attached hydrogens (tertiary/aromatic N) is 5. The Bertz CT molecular complexity index is 3040. The molecule has 18 nitrogen and oxygen atoms in total. The van der Waals surface area contributed by atoms with Gasteiger partial charge in [-0.05, 0) is 78.6 Å². The van der Waals surface area contributed by atoms with Crippen molar-refractivity contribution in [1.82, 2.24) is 40.4 Å². The van der Waals surface area contributed by atoms with Crippen molar-refractivity contribution in [2.24, 2.45) is 0 Å². The van der Waals surface area contributed by atoms with Crippen LogP contribution in [0.2, 0.25) is 20.1 Å². The fraction of sp³-hybridized carbons (Fsp3) is 0.200. The molecule has 0 radical (unpaired) electrons. The number of carbonyl (C=O) groups excluding carboxylic acids is 6. The third-order valence-corrected chi connectivity index (χ3v) is 13.0. The highest BCUT2D eigenvalue weighted by atomic mass is 35.5. The van der Waals surface area contributed by atoms with Gasteiger partial charge < -0.3 is 31.9 Å². The molecule has 8 rings (SSSR count). The lowest BCUT2D eigenvalue weighted by Crippen LogP contribution is -2.37. The third-order valence-electron chi connectivity index (χ3n) is 11.7. The van der Waals surface area contributed by atoms with E-state index in [0.717, 1.165) is 11.1 Å². The Labute approximate surface area is 433 Å². The second-order valence-corrected chi connectivity index (χ2v) is 18.5. The summed E-state index contributed by atoms with van der Waals surface area (Å²) in [6, 6.07) is 23.8. The second kappa shape index (κ2) is 23.3. The first-order chi connectivity index (χ1) is 34.7. The normalized spacial score (nSPS) is 15.8. The summed E-state index contributed by atoms with van der Waals surface area (Å²) in [4.78, 5) is 82.9. The molecular formula is C50H46Cl4N12O6. The maximum atomic E-state index is 13.9. The maximum Gasteiger partial charge on any atom is 0.274 e. The van der Waals surface area contributed by atoms with Gasteiger partial charge in [0.1, 0.15) is 5.69 Å². The van der Waals surface area contributed by atoms with Gasteiger partial charge in [-0.1, -0.05) is 89.4 Å². The van der Waals surface area contributed by atoms with Crippen molar-refractivity contribution in [1.29, 1.82) is 0 Å². The average molecular weight is 1050 g/mol. The highest BCUT2D eigenvalue weighted by Crippen LogP contribution is 2.28. The molecule has 0 aliphatic carbocycles. The summed E-state index contributed by atoms with van der Waals surface area (Å²) in [6.07, 6.45) is 7.87. The Morgan fingerprint density at radius 3 is 1.81 bits per heavy atom. The van der Waals surface area contributed by atoms with E-state index >= 15 is 0 Å². The summed E-state index contributed by atoms with van der Waals surface area (Å²) in [6.45, 7) is 7.13. The van der Waals surface area contributed by atoms with Crippen LogP contribution in [0.1, 0.15) is 65.7 Å². The molecule has 22 heteroatoms. The van der Waals surface area contributed by atoms with Crippen molar-refractivity contribution >= 4 is 111 Å². The molecule has 2 aliphatic rings. The van der Waals surface area contributed by atoms with E-state index in [-0.39, 0.29) is 72.0 Å². The Morgan fingerprint density at radius 2 is 1.19 bits per heavy atom. The molecule has 4 aromatic carbocycles. The van der Waals surface area contributed by atoms with Crippen LogP contribution in [0.25, 0.3) is 6.20 Å². The highest BCUT2D eigenvalue weighted by Gasteiger charge is 2.29. The fourth-order valence-corrected chi connectivity index (χ4v) is 9.40. The lowest BCUT2D eigenvalue weighted by atomic mass is 10.2. The molecule has 7 N–H and O–H groups in total. The number of benzene rings is 4. The molecule has 6 aromatic rings. The van der Waals surface area contributed by atoms with Gasteiger partial charge in [0.15, 0.2) is 5.69 Å². The van der Waals surface area contributed by atoms with E-state index in [1.54, 1.807) is 30.3 Å². The SMILES string of the molecule is C=CC(=O)Nc1ccc(CN2CC[C@H](NC(=O)c3nn(/C=C/C(=O)Nc4cccc(CN5CC[C@H](NC(=O)c6[nH]ncc6NC(=O)c6c(Cl)cccc6Cl)C5)c4)cc3NC(=O)c3c(Cl)cccc3Cl)C2)cc1. The topological polar surface area (TPSA) is 228 Å². The molecule has 0 bridgehead atoms. The Morgan fingerprint density at radius 1 is 0.639 bits per heavy atom. The number of likely N-dealkylation sites (tertiary alicyclic amines) is 2. The molecule has 2 saturated heterocycles. The van der Waals surface area contributed by atoms with Crippen molar-refractivity contribution < 1.29 is 28.8 Å². The number of nitrogens with one attached hydrogen (secondary N) is 7. The lowest BCUT2D eigenvalue weighted by molar-refractivity contribution is -0.112. The molecule has 4 heterocycles. The van der Waals surface area contributed by atoms with Gasteiger partial charge in [-0.15, -0.1) is 0 Å². The summed E-state index contributed by atoms with van der Waals surface area (Å²) < 4.78 is 1.25. The number of amides is 6. The van der Waals surface area contributed by atoms with Crippen molar-refractivity contribution in [3.8, 4) is 0 Å². The quantitative estimate of drug-likeness (QED) is 0.0436. The van der Waals surface area contributed by atoms with E-state index in [2.05, 4.69) is 63.6 Å². The largest absolute Gasteiger partial charge is 0.347 e. The first-order valence-corrected chi connectivity index (χ1v) is 24.0. The van der Waals surface area contributed by atoms with Crippen LogP contribution in [0, 0.1) is 0 Å². The predicted molar refractivity (Wildman–Crippen MR) is 278 cm³/mol. The molecule has 2 aliphatic heterocycles. The van der Waals surface area contributed by atoms with Gasteiger partial charge in [0, 0.05) is 75.0 Å². The number of carbonyl (C=O) groups is 6. The number of aromatic nitrogens is 4. The number of rotatable bonds is 17. The van der Waals surface area contributed by atoms with Gasteiger partial charge in [0.2, 0.25) is 11.8 Å². The number of anilines is 4. The van der Waals surface area contributed by atoms with Crippen LogP contribution in [0.5, 0.6) is 0 Å². The Hall–Kier alpha value is -7.32. The molecule has 2 aromatic heterocycles. The molecule has 370 valence electrons. The van der Waals surface area contributed by atoms with E-state index in [0.29, 0.717) is 63.5 Å². The van der Waals surface area contributed by atoms with Gasteiger partial charge in [-0.2, -0.15) is 10.2 Å². The van der Waals surface area contributed by atoms with Gasteiger partial charge in [0.05, 0.1) is 55.0 Å². The zero-order valence-corrected chi connectivity index (χ0v) is 41.2. The summed E-state index contributed by atoms with van der Waals surface area (Å²) in [7, 11) is 0. The van der Waals surface area contributed by atoms with Gasteiger partial charge >= 0.3 is 0 Å². The minimum absolute atomic E-state index is 0.0147. The maximum absolute atomic E-state index is 13.9. The third kappa shape index (κ3) is 13.0. The molecular weight excluding hydrogens is 1010 g/mol. The van der Waals surface area contributed by atoms with Crippen molar-refractivity contribution in [2.75, 3.05) is 47.4 Å². The lowest BCUT2D eigenvalue weighted by Gasteiger charge is -2.17. The van der Waals surface area contributed by atoms with Crippen LogP contribution in [-0.4, -0.2) is 103 Å². The van der Waals surface area contributed by atoms with Crippen molar-refractivity contribution in [3.63, 3.8) is 0 Å². The summed E-state index contributed by atoms with van der Waals surface area (Å²) in [5.74, 6) is -3.02. The summed E-state index contributed by atoms with van der Waals surface area (Å²) in [5, 5.41) is 28.6. The summed E-state index contributed by atoms with van der Waals surface area (Å²) >= 11 is 25.1. The number of H-pyrrole nitrogens is 1. The number of halogens is 4. The molecule has 0 spiro atoms. The highest BCUT2D eigenvalue weighted by molar-refractivity contribution is 6.41. The van der Waals surface area contributed by atoms with E-state index < -0.39 is 29.5 Å². The fourth-order valence-electron chi connectivity index (χ4n) is 8.26. The number of hydrogen-bond acceptors (Lipinski definition) is 10. The first kappa shape index (κ1) is 51.0. The smallest absolute Gasteiger partial charge is 0.274 e. The zero-order valence-electron chi connectivity index (χ0n) is 38.2. The van der Waals surface area contributed by atoms with Crippen LogP contribution in [0.15, 0.2) is 116 Å². The Kier molecular flexibility index (Phi) is 16.5. The monoisotopic (exact) mass is 1050 g/mol. The first-order valence-electron chi connectivity index (χ1n) is 22.5. The van der Waals surface area contributed by atoms with Crippen molar-refractivity contribution in [2.45, 2.75) is 38.0 Å². The standard InChI is InChI=1S/C50H46Cl4N12O6/c1-2-41(67)56-31-14-12-29(13-15-31)24-64-19-16-34(26-64)59-50(72)46-40(61-48(70)44-37(53)10-5-11-38(44)54)28-66(63-46)21-18-42(68)57-32-7-3-6-30(22-32)25-65-20-17-33(27-65)58-49(71)45-39(23-55-62-45)60-47(69)43-35(51)8-4-9-36(43)52/h2-15,18,21-23,28,33-34H,1,16-17,19-20,24-27H2,(H,55,62)(H,56,67)(H,57,68)(H,58,71)(H,59,72)(H,60,69)(H,61,70)/b21-18+/t33-,34-/m0/s1. The zero-order chi connectivity index (χ0) is 50.9. The average Bonchev–Trinajstić information content (AvgIpc) is 4.18. The van der Waals surface area contributed by atoms with Gasteiger partial charge in [-0.3, -0.25) is 43.7 Å². The van der Waals surface area contributed by atoms with Gasteiger partial charge in [-0.25, -0.2) is 4.68 Å². The Balaban J connectivity index is 0.864. The minimum Gasteiger partial charge on any atom is -0.347 e. The van der Waals surface area contributed by atoms with Crippen LogP contribution >= 0.6 is 46.4 Å². The van der Waals surface area contributed by atoms with E-state index in [1.807, 2.05) is 42.5 Å². The molecule has 72 heavy (non-hydrogen) atoms. The molecule has 0 unspecified atom stereocenters. The molecule has 2 fully saturated rings. The summed E-state index contributed by atoms with van der Waals surface area (Å²) in [5.41, 5.74) is 3.43. The van der Waals surface area contributed by atoms with Crippen LogP contribution in [0.3, 0.4) is 0 Å². The number of hydrogen-bond donors (Lipinski definition) is 7. The minimum atomic E-state index is -0.663. The van der Waals surface area contributed by atoms with Crippen LogP contribution in [-0.2, 0) is 22.7 Å². The van der Waals surface area contributed by atoms with Crippen molar-refractivity contribution in [3.05, 3.63) is 170 Å². The van der Waals surface area contributed by atoms with E-state index in [4.69, 9.17) is 46.4 Å². The second-order valence-electron chi connectivity index (χ2n) is 16.9.